The Hall–Kier alpha value is -1.10. The van der Waals surface area contributed by atoms with Crippen LogP contribution in [0.15, 0.2) is 0 Å². The molecule has 0 aromatic carbocycles. The average Bonchev–Trinajstić information content (AvgIpc) is 2.63. The highest BCUT2D eigenvalue weighted by molar-refractivity contribution is 5.87. The van der Waals surface area contributed by atoms with Crippen molar-refractivity contribution in [1.82, 2.24) is 15.5 Å². The van der Waals surface area contributed by atoms with Crippen molar-refractivity contribution in [2.24, 2.45) is 0 Å². The van der Waals surface area contributed by atoms with E-state index in [-0.39, 0.29) is 17.9 Å². The minimum absolute atomic E-state index is 0.0131. The van der Waals surface area contributed by atoms with Gasteiger partial charge in [0, 0.05) is 19.5 Å². The molecule has 2 fully saturated rings. The van der Waals surface area contributed by atoms with Crippen LogP contribution >= 0.6 is 0 Å². The van der Waals surface area contributed by atoms with Crippen LogP contribution in [0.5, 0.6) is 0 Å². The molecule has 0 unspecified atom stereocenters. The van der Waals surface area contributed by atoms with Crippen molar-refractivity contribution in [3.8, 4) is 0 Å². The van der Waals surface area contributed by atoms with Crippen molar-refractivity contribution in [2.75, 3.05) is 26.2 Å². The average molecular weight is 295 g/mol. The largest absolute Gasteiger partial charge is 0.354 e. The molecule has 0 aromatic heterocycles. The summed E-state index contributed by atoms with van der Waals surface area (Å²) in [4.78, 5) is 26.2. The third-order valence-electron chi connectivity index (χ3n) is 4.47. The van der Waals surface area contributed by atoms with E-state index in [1.54, 1.807) is 0 Å². The highest BCUT2D eigenvalue weighted by Gasteiger charge is 2.22. The predicted molar refractivity (Wildman–Crippen MR) is 82.9 cm³/mol. The van der Waals surface area contributed by atoms with E-state index in [9.17, 15) is 9.59 Å². The molecule has 2 rings (SSSR count). The molecule has 0 spiro atoms. The summed E-state index contributed by atoms with van der Waals surface area (Å²) in [6.07, 6.45) is 9.73. The Morgan fingerprint density at radius 3 is 2.57 bits per heavy atom. The summed E-state index contributed by atoms with van der Waals surface area (Å²) < 4.78 is 0. The molecule has 2 aliphatic rings. The highest BCUT2D eigenvalue weighted by Crippen LogP contribution is 2.11. The molecule has 2 heterocycles. The maximum atomic E-state index is 12.0. The molecule has 1 atom stereocenters. The Morgan fingerprint density at radius 1 is 1.10 bits per heavy atom. The number of likely N-dealkylation sites (tertiary alicyclic amines) is 1. The van der Waals surface area contributed by atoms with Gasteiger partial charge in [-0.1, -0.05) is 19.3 Å². The van der Waals surface area contributed by atoms with Gasteiger partial charge in [-0.25, -0.2) is 0 Å². The molecule has 0 saturated carbocycles. The van der Waals surface area contributed by atoms with Crippen LogP contribution in [-0.4, -0.2) is 48.9 Å². The second-order valence-electron chi connectivity index (χ2n) is 6.27. The van der Waals surface area contributed by atoms with Gasteiger partial charge < -0.3 is 15.5 Å². The lowest BCUT2D eigenvalue weighted by molar-refractivity contribution is -0.129. The van der Waals surface area contributed by atoms with E-state index in [4.69, 9.17) is 0 Å². The molecular formula is C16H29N3O2. The SMILES string of the molecule is O=C(CCN1CCCCCCC1)N[C@H]1CCCCNC1=O. The topological polar surface area (TPSA) is 61.4 Å². The van der Waals surface area contributed by atoms with Gasteiger partial charge in [0.25, 0.3) is 0 Å². The third-order valence-corrected chi connectivity index (χ3v) is 4.47. The number of carbonyl (C=O) groups is 2. The van der Waals surface area contributed by atoms with Crippen LogP contribution in [0.3, 0.4) is 0 Å². The molecule has 0 aliphatic carbocycles. The van der Waals surface area contributed by atoms with E-state index in [0.29, 0.717) is 6.42 Å². The zero-order valence-electron chi connectivity index (χ0n) is 13.0. The number of rotatable bonds is 4. The lowest BCUT2D eigenvalue weighted by atomic mass is 10.1. The number of carbonyl (C=O) groups excluding carboxylic acids is 2. The Bertz CT molecular complexity index is 338. The van der Waals surface area contributed by atoms with Crippen LogP contribution < -0.4 is 10.6 Å². The molecule has 2 aliphatic heterocycles. The Balaban J connectivity index is 1.69. The van der Waals surface area contributed by atoms with Gasteiger partial charge in [0.1, 0.15) is 6.04 Å². The number of amides is 2. The Kier molecular flexibility index (Phi) is 7.00. The first-order chi connectivity index (χ1) is 10.3. The first kappa shape index (κ1) is 16.3. The van der Waals surface area contributed by atoms with Gasteiger partial charge in [-0.05, 0) is 45.2 Å². The van der Waals surface area contributed by atoms with Gasteiger partial charge in [0.05, 0.1) is 0 Å². The fourth-order valence-electron chi connectivity index (χ4n) is 3.14. The lowest BCUT2D eigenvalue weighted by Gasteiger charge is -2.24. The summed E-state index contributed by atoms with van der Waals surface area (Å²) in [6.45, 7) is 3.77. The van der Waals surface area contributed by atoms with E-state index < -0.39 is 0 Å². The fraction of sp³-hybridized carbons (Fsp3) is 0.875. The monoisotopic (exact) mass is 295 g/mol. The van der Waals surface area contributed by atoms with Crippen molar-refractivity contribution in [2.45, 2.75) is 63.8 Å². The molecule has 0 radical (unpaired) electrons. The van der Waals surface area contributed by atoms with Gasteiger partial charge in [-0.2, -0.15) is 0 Å². The van der Waals surface area contributed by atoms with Crippen LogP contribution in [-0.2, 0) is 9.59 Å². The van der Waals surface area contributed by atoms with Gasteiger partial charge >= 0.3 is 0 Å². The zero-order valence-corrected chi connectivity index (χ0v) is 13.0. The third kappa shape index (κ3) is 6.04. The maximum absolute atomic E-state index is 12.0. The summed E-state index contributed by atoms with van der Waals surface area (Å²) in [7, 11) is 0. The van der Waals surface area contributed by atoms with E-state index in [0.717, 1.165) is 45.4 Å². The highest BCUT2D eigenvalue weighted by atomic mass is 16.2. The molecule has 120 valence electrons. The molecule has 2 N–H and O–H groups in total. The molecule has 0 aromatic rings. The summed E-state index contributed by atoms with van der Waals surface area (Å²) in [5.74, 6) is -0.00813. The van der Waals surface area contributed by atoms with Crippen molar-refractivity contribution >= 4 is 11.8 Å². The van der Waals surface area contributed by atoms with E-state index >= 15 is 0 Å². The van der Waals surface area contributed by atoms with Crippen LogP contribution in [0.1, 0.15) is 57.8 Å². The number of nitrogens with zero attached hydrogens (tertiary/aromatic N) is 1. The number of nitrogens with one attached hydrogen (secondary N) is 2. The molecular weight excluding hydrogens is 266 g/mol. The lowest BCUT2D eigenvalue weighted by Crippen LogP contribution is -2.46. The summed E-state index contributed by atoms with van der Waals surface area (Å²) >= 11 is 0. The van der Waals surface area contributed by atoms with Crippen LogP contribution in [0, 0.1) is 0 Å². The normalized spacial score (nSPS) is 25.3. The van der Waals surface area contributed by atoms with Crippen molar-refractivity contribution < 1.29 is 9.59 Å². The van der Waals surface area contributed by atoms with Gasteiger partial charge in [-0.15, -0.1) is 0 Å². The van der Waals surface area contributed by atoms with Crippen molar-refractivity contribution in [1.29, 1.82) is 0 Å². The van der Waals surface area contributed by atoms with Crippen molar-refractivity contribution in [3.05, 3.63) is 0 Å². The molecule has 5 nitrogen and oxygen atoms in total. The summed E-state index contributed by atoms with van der Waals surface area (Å²) in [5, 5.41) is 5.76. The minimum Gasteiger partial charge on any atom is -0.354 e. The number of hydrogen-bond acceptors (Lipinski definition) is 3. The van der Waals surface area contributed by atoms with Crippen LogP contribution in [0.4, 0.5) is 0 Å². The number of hydrogen-bond donors (Lipinski definition) is 2. The first-order valence-electron chi connectivity index (χ1n) is 8.55. The van der Waals surface area contributed by atoms with Gasteiger partial charge in [0.15, 0.2) is 0 Å². The van der Waals surface area contributed by atoms with E-state index in [2.05, 4.69) is 15.5 Å². The molecule has 2 saturated heterocycles. The predicted octanol–water partition coefficient (Wildman–Crippen LogP) is 1.43. The van der Waals surface area contributed by atoms with E-state index in [1.165, 1.54) is 32.1 Å². The van der Waals surface area contributed by atoms with Crippen molar-refractivity contribution in [3.63, 3.8) is 0 Å². The van der Waals surface area contributed by atoms with Gasteiger partial charge in [-0.3, -0.25) is 9.59 Å². The Morgan fingerprint density at radius 2 is 1.81 bits per heavy atom. The smallest absolute Gasteiger partial charge is 0.242 e. The first-order valence-corrected chi connectivity index (χ1v) is 8.55. The molecule has 5 heteroatoms. The van der Waals surface area contributed by atoms with E-state index in [1.807, 2.05) is 0 Å². The quantitative estimate of drug-likeness (QED) is 0.825. The van der Waals surface area contributed by atoms with Crippen LogP contribution in [0.2, 0.25) is 0 Å². The maximum Gasteiger partial charge on any atom is 0.242 e. The molecule has 21 heavy (non-hydrogen) atoms. The minimum atomic E-state index is -0.327. The standard InChI is InChI=1S/C16H29N3O2/c20-15(18-14-8-4-5-10-17-16(14)21)9-13-19-11-6-2-1-3-7-12-19/h14H,1-13H2,(H,17,21)(H,18,20)/t14-/m0/s1. The van der Waals surface area contributed by atoms with Gasteiger partial charge in [0.2, 0.25) is 11.8 Å². The summed E-state index contributed by atoms with van der Waals surface area (Å²) in [5.41, 5.74) is 0. The molecule has 2 amide bonds. The second kappa shape index (κ2) is 9.03. The summed E-state index contributed by atoms with van der Waals surface area (Å²) in [6, 6.07) is -0.327. The van der Waals surface area contributed by atoms with Crippen LogP contribution in [0.25, 0.3) is 0 Å². The Labute approximate surface area is 127 Å². The zero-order chi connectivity index (χ0) is 14.9. The second-order valence-corrected chi connectivity index (χ2v) is 6.27. The molecule has 0 bridgehead atoms. The fourth-order valence-corrected chi connectivity index (χ4v) is 3.14.